The molecule has 0 amide bonds. The van der Waals surface area contributed by atoms with Crippen molar-refractivity contribution in [3.05, 3.63) is 72.1 Å². The number of rotatable bonds is 6. The lowest BCUT2D eigenvalue weighted by atomic mass is 10.0. The van der Waals surface area contributed by atoms with Crippen molar-refractivity contribution in [1.82, 2.24) is 25.3 Å². The van der Waals surface area contributed by atoms with E-state index in [1.54, 1.807) is 0 Å². The molecule has 1 aliphatic heterocycles. The summed E-state index contributed by atoms with van der Waals surface area (Å²) in [5.74, 6) is 2.06. The largest absolute Gasteiger partial charge is 0.464 e. The molecule has 0 spiro atoms. The van der Waals surface area contributed by atoms with Crippen LogP contribution in [0.3, 0.4) is 0 Å². The van der Waals surface area contributed by atoms with E-state index in [-0.39, 0.29) is 6.04 Å². The maximum atomic E-state index is 12.4. The summed E-state index contributed by atoms with van der Waals surface area (Å²) in [6.45, 7) is 0.962. The molecule has 3 N–H and O–H groups in total. The van der Waals surface area contributed by atoms with Gasteiger partial charge < -0.3 is 20.0 Å². The molecule has 1 saturated carbocycles. The third-order valence-electron chi connectivity index (χ3n) is 7.53. The van der Waals surface area contributed by atoms with Gasteiger partial charge in [0.05, 0.1) is 30.7 Å². The molecule has 184 valence electrons. The standard InChI is InChI=1S/C29H31N5O2/c1-36-29(35)26-25(33-28(34-26)23-7-4-16-30-23)21-14-10-19(11-15-21)18-8-12-20(13-9-18)24-17-31-27(32-24)22-5-2-3-6-22/h8-15,17,22-23,30H,2-7,16H2,1H3,(H,31,32)(H,33,34)/t23-/m0/s1. The van der Waals surface area contributed by atoms with Gasteiger partial charge in [-0.3, -0.25) is 0 Å². The van der Waals surface area contributed by atoms with Gasteiger partial charge in [0.1, 0.15) is 11.6 Å². The number of aromatic amines is 2. The van der Waals surface area contributed by atoms with Crippen molar-refractivity contribution in [2.45, 2.75) is 50.5 Å². The van der Waals surface area contributed by atoms with Gasteiger partial charge in [-0.05, 0) is 48.9 Å². The molecule has 4 aromatic rings. The number of nitrogens with zero attached hydrogens (tertiary/aromatic N) is 2. The monoisotopic (exact) mass is 481 g/mol. The number of imidazole rings is 2. The van der Waals surface area contributed by atoms with Crippen LogP contribution in [-0.2, 0) is 4.74 Å². The Morgan fingerprint density at radius 1 is 0.833 bits per heavy atom. The Balaban J connectivity index is 1.22. The zero-order valence-electron chi connectivity index (χ0n) is 20.5. The number of carbonyl (C=O) groups excluding carboxylic acids is 1. The Bertz CT molecular complexity index is 1340. The summed E-state index contributed by atoms with van der Waals surface area (Å²) in [5, 5.41) is 3.43. The molecule has 3 heterocycles. The van der Waals surface area contributed by atoms with Crippen LogP contribution in [-0.4, -0.2) is 39.6 Å². The van der Waals surface area contributed by atoms with Crippen LogP contribution < -0.4 is 5.32 Å². The summed E-state index contributed by atoms with van der Waals surface area (Å²) in [4.78, 5) is 28.6. The van der Waals surface area contributed by atoms with Crippen LogP contribution in [0, 0.1) is 0 Å². The average molecular weight is 482 g/mol. The molecular formula is C29H31N5O2. The minimum absolute atomic E-state index is 0.143. The van der Waals surface area contributed by atoms with Gasteiger partial charge in [-0.15, -0.1) is 0 Å². The molecule has 0 bridgehead atoms. The van der Waals surface area contributed by atoms with Crippen LogP contribution in [0.4, 0.5) is 0 Å². The number of hydrogen-bond donors (Lipinski definition) is 3. The first-order valence-electron chi connectivity index (χ1n) is 12.9. The molecule has 36 heavy (non-hydrogen) atoms. The van der Waals surface area contributed by atoms with Crippen molar-refractivity contribution in [2.75, 3.05) is 13.7 Å². The zero-order chi connectivity index (χ0) is 24.5. The number of H-pyrrole nitrogens is 2. The van der Waals surface area contributed by atoms with Crippen molar-refractivity contribution in [1.29, 1.82) is 0 Å². The maximum absolute atomic E-state index is 12.4. The molecule has 1 aliphatic carbocycles. The van der Waals surface area contributed by atoms with Gasteiger partial charge in [0.25, 0.3) is 0 Å². The van der Waals surface area contributed by atoms with E-state index >= 15 is 0 Å². The number of benzene rings is 2. The zero-order valence-corrected chi connectivity index (χ0v) is 20.5. The summed E-state index contributed by atoms with van der Waals surface area (Å²) >= 11 is 0. The summed E-state index contributed by atoms with van der Waals surface area (Å²) in [6, 6.07) is 16.9. The highest BCUT2D eigenvalue weighted by Gasteiger charge is 2.25. The lowest BCUT2D eigenvalue weighted by Crippen LogP contribution is -2.14. The van der Waals surface area contributed by atoms with Gasteiger partial charge in [-0.25, -0.2) is 14.8 Å². The smallest absolute Gasteiger partial charge is 0.358 e. The van der Waals surface area contributed by atoms with Crippen LogP contribution >= 0.6 is 0 Å². The van der Waals surface area contributed by atoms with E-state index in [2.05, 4.69) is 61.7 Å². The van der Waals surface area contributed by atoms with E-state index in [1.807, 2.05) is 18.3 Å². The van der Waals surface area contributed by atoms with Crippen LogP contribution in [0.15, 0.2) is 54.7 Å². The average Bonchev–Trinajstić information content (AvgIpc) is 3.74. The van der Waals surface area contributed by atoms with Gasteiger partial charge in [0.15, 0.2) is 5.69 Å². The maximum Gasteiger partial charge on any atom is 0.358 e. The van der Waals surface area contributed by atoms with Crippen molar-refractivity contribution in [3.63, 3.8) is 0 Å². The summed E-state index contributed by atoms with van der Waals surface area (Å²) in [5.41, 5.74) is 6.39. The van der Waals surface area contributed by atoms with Crippen LogP contribution in [0.25, 0.3) is 33.6 Å². The van der Waals surface area contributed by atoms with Crippen molar-refractivity contribution in [3.8, 4) is 33.6 Å². The van der Waals surface area contributed by atoms with Gasteiger partial charge in [-0.1, -0.05) is 61.4 Å². The van der Waals surface area contributed by atoms with E-state index in [1.165, 1.54) is 32.8 Å². The van der Waals surface area contributed by atoms with Crippen molar-refractivity contribution >= 4 is 5.97 Å². The van der Waals surface area contributed by atoms with Crippen molar-refractivity contribution < 1.29 is 9.53 Å². The fourth-order valence-corrected chi connectivity index (χ4v) is 5.49. The Hall–Kier alpha value is -3.71. The molecule has 0 unspecified atom stereocenters. The first-order chi connectivity index (χ1) is 17.7. The number of methoxy groups -OCH3 is 1. The Morgan fingerprint density at radius 2 is 1.50 bits per heavy atom. The summed E-state index contributed by atoms with van der Waals surface area (Å²) in [7, 11) is 1.39. The Labute approximate surface area is 210 Å². The number of esters is 1. The van der Waals surface area contributed by atoms with Gasteiger partial charge in [0.2, 0.25) is 0 Å². The lowest BCUT2D eigenvalue weighted by molar-refractivity contribution is 0.0595. The first kappa shape index (κ1) is 22.7. The van der Waals surface area contributed by atoms with Gasteiger partial charge in [0, 0.05) is 11.5 Å². The molecule has 2 aromatic heterocycles. The quantitative estimate of drug-likeness (QED) is 0.294. The number of ether oxygens (including phenoxy) is 1. The normalized spacial score (nSPS) is 18.1. The highest BCUT2D eigenvalue weighted by molar-refractivity contribution is 5.94. The minimum atomic E-state index is -0.431. The molecule has 2 fully saturated rings. The van der Waals surface area contributed by atoms with Crippen LogP contribution in [0.1, 0.15) is 72.6 Å². The van der Waals surface area contributed by atoms with E-state index in [9.17, 15) is 4.79 Å². The second-order valence-electron chi connectivity index (χ2n) is 9.80. The third-order valence-corrected chi connectivity index (χ3v) is 7.53. The lowest BCUT2D eigenvalue weighted by Gasteiger charge is -2.07. The number of nitrogens with one attached hydrogen (secondary N) is 3. The molecule has 7 heteroatoms. The number of aromatic nitrogens is 4. The predicted molar refractivity (Wildman–Crippen MR) is 140 cm³/mol. The number of carbonyl (C=O) groups is 1. The molecular weight excluding hydrogens is 450 g/mol. The molecule has 1 saturated heterocycles. The molecule has 1 atom stereocenters. The molecule has 2 aromatic carbocycles. The summed E-state index contributed by atoms with van der Waals surface area (Å²) < 4.78 is 5.00. The second kappa shape index (κ2) is 9.74. The van der Waals surface area contributed by atoms with E-state index < -0.39 is 5.97 Å². The van der Waals surface area contributed by atoms with Crippen LogP contribution in [0.2, 0.25) is 0 Å². The topological polar surface area (TPSA) is 95.7 Å². The second-order valence-corrected chi connectivity index (χ2v) is 9.80. The SMILES string of the molecule is COC(=O)c1nc([C@@H]2CCCN2)[nH]c1-c1ccc(-c2ccc(-c3cnc(C4CCCC4)[nH]3)cc2)cc1. The van der Waals surface area contributed by atoms with Gasteiger partial charge in [-0.2, -0.15) is 0 Å². The fraction of sp³-hybridized carbons (Fsp3) is 0.345. The van der Waals surface area contributed by atoms with Crippen LogP contribution in [0.5, 0.6) is 0 Å². The fourth-order valence-electron chi connectivity index (χ4n) is 5.49. The number of hydrogen-bond acceptors (Lipinski definition) is 5. The minimum Gasteiger partial charge on any atom is -0.464 e. The first-order valence-corrected chi connectivity index (χ1v) is 12.9. The molecule has 6 rings (SSSR count). The Morgan fingerprint density at radius 3 is 2.14 bits per heavy atom. The Kier molecular flexibility index (Phi) is 6.15. The highest BCUT2D eigenvalue weighted by atomic mass is 16.5. The molecule has 2 aliphatic rings. The van der Waals surface area contributed by atoms with E-state index in [4.69, 9.17) is 4.74 Å². The predicted octanol–water partition coefficient (Wildman–Crippen LogP) is 6.00. The van der Waals surface area contributed by atoms with Gasteiger partial charge >= 0.3 is 5.97 Å². The highest BCUT2D eigenvalue weighted by Crippen LogP contribution is 2.34. The summed E-state index contributed by atoms with van der Waals surface area (Å²) in [6.07, 6.45) is 9.14. The molecule has 7 nitrogen and oxygen atoms in total. The third kappa shape index (κ3) is 4.35. The van der Waals surface area contributed by atoms with E-state index in [0.717, 1.165) is 59.0 Å². The van der Waals surface area contributed by atoms with E-state index in [0.29, 0.717) is 17.3 Å². The van der Waals surface area contributed by atoms with Crippen molar-refractivity contribution in [2.24, 2.45) is 0 Å². The molecule has 0 radical (unpaired) electrons.